The van der Waals surface area contributed by atoms with Crippen LogP contribution >= 0.6 is 11.6 Å². The number of sulfone groups is 1. The van der Waals surface area contributed by atoms with E-state index < -0.39 is 15.7 Å². The molecule has 1 aliphatic rings. The van der Waals surface area contributed by atoms with Crippen molar-refractivity contribution in [1.82, 2.24) is 9.78 Å². The second-order valence-corrected chi connectivity index (χ2v) is 8.13. The van der Waals surface area contributed by atoms with Crippen molar-refractivity contribution >= 4 is 33.2 Å². The first-order chi connectivity index (χ1) is 11.9. The predicted molar refractivity (Wildman–Crippen MR) is 91.6 cm³/mol. The van der Waals surface area contributed by atoms with E-state index in [0.717, 1.165) is 0 Å². The van der Waals surface area contributed by atoms with Crippen molar-refractivity contribution in [3.63, 3.8) is 0 Å². The van der Waals surface area contributed by atoms with Gasteiger partial charge in [0, 0.05) is 10.6 Å². The normalized spacial score (nSPS) is 15.1. The average Bonchev–Trinajstić information content (AvgIpc) is 3.25. The Morgan fingerprint density at radius 3 is 2.64 bits per heavy atom. The maximum Gasteiger partial charge on any atom is 0.292 e. The van der Waals surface area contributed by atoms with E-state index in [4.69, 9.17) is 16.0 Å². The summed E-state index contributed by atoms with van der Waals surface area (Å²) >= 11 is 5.91. The molecule has 1 amide bonds. The molecule has 0 saturated carbocycles. The Bertz CT molecular complexity index is 1050. The topological polar surface area (TPSA) is 94.2 Å². The molecule has 0 spiro atoms. The van der Waals surface area contributed by atoms with Gasteiger partial charge in [-0.25, -0.2) is 13.1 Å². The lowest BCUT2D eigenvalue weighted by atomic mass is 10.2. The monoisotopic (exact) mass is 377 g/mol. The molecule has 3 aromatic rings. The van der Waals surface area contributed by atoms with Gasteiger partial charge in [-0.15, -0.1) is 0 Å². The highest BCUT2D eigenvalue weighted by Gasteiger charge is 2.33. The van der Waals surface area contributed by atoms with Crippen LogP contribution in [0.3, 0.4) is 0 Å². The molecule has 9 heteroatoms. The first-order valence-corrected chi connectivity index (χ1v) is 9.55. The molecule has 2 aromatic heterocycles. The van der Waals surface area contributed by atoms with E-state index in [1.54, 1.807) is 30.3 Å². The molecule has 3 heterocycles. The van der Waals surface area contributed by atoms with Gasteiger partial charge in [0.1, 0.15) is 5.82 Å². The number of carbonyl (C=O) groups excluding carboxylic acids is 1. The van der Waals surface area contributed by atoms with Crippen LogP contribution in [-0.4, -0.2) is 24.1 Å². The largest absolute Gasteiger partial charge is 0.459 e. The Hall–Kier alpha value is -2.58. The summed E-state index contributed by atoms with van der Waals surface area (Å²) in [6.45, 7) is 0. The van der Waals surface area contributed by atoms with Crippen LogP contribution in [0.5, 0.6) is 0 Å². The van der Waals surface area contributed by atoms with Gasteiger partial charge in [-0.05, 0) is 36.4 Å². The van der Waals surface area contributed by atoms with Crippen molar-refractivity contribution in [2.24, 2.45) is 0 Å². The summed E-state index contributed by atoms with van der Waals surface area (Å²) in [6.07, 6.45) is 1.39. The Labute approximate surface area is 148 Å². The second-order valence-electron chi connectivity index (χ2n) is 5.63. The number of nitrogens with one attached hydrogen (secondary N) is 1. The van der Waals surface area contributed by atoms with Gasteiger partial charge >= 0.3 is 0 Å². The SMILES string of the molecule is O=C(Nc1c2c(nn1-c1ccc(Cl)cc1)CS(=O)(=O)C2)c1ccco1. The van der Waals surface area contributed by atoms with Crippen molar-refractivity contribution in [3.05, 3.63) is 64.7 Å². The van der Waals surface area contributed by atoms with Gasteiger partial charge in [0.25, 0.3) is 5.91 Å². The van der Waals surface area contributed by atoms with Crippen LogP contribution in [0.15, 0.2) is 47.1 Å². The fourth-order valence-electron chi connectivity index (χ4n) is 2.72. The molecule has 7 nitrogen and oxygen atoms in total. The van der Waals surface area contributed by atoms with Crippen molar-refractivity contribution in [2.75, 3.05) is 5.32 Å². The number of rotatable bonds is 3. The molecule has 1 N–H and O–H groups in total. The van der Waals surface area contributed by atoms with E-state index in [9.17, 15) is 13.2 Å². The lowest BCUT2D eigenvalue weighted by molar-refractivity contribution is 0.0996. The molecular formula is C16H12ClN3O4S. The number of halogens is 1. The summed E-state index contributed by atoms with van der Waals surface area (Å²) in [5, 5.41) is 7.65. The fourth-order valence-corrected chi connectivity index (χ4v) is 4.34. The quantitative estimate of drug-likeness (QED) is 0.757. The van der Waals surface area contributed by atoms with Gasteiger partial charge in [0.2, 0.25) is 0 Å². The summed E-state index contributed by atoms with van der Waals surface area (Å²) < 4.78 is 30.4. The van der Waals surface area contributed by atoms with Crippen molar-refractivity contribution in [3.8, 4) is 5.69 Å². The van der Waals surface area contributed by atoms with E-state index in [1.807, 2.05) is 0 Å². The summed E-state index contributed by atoms with van der Waals surface area (Å²) in [5.41, 5.74) is 1.59. The van der Waals surface area contributed by atoms with Gasteiger partial charge in [-0.1, -0.05) is 11.6 Å². The summed E-state index contributed by atoms with van der Waals surface area (Å²) in [4.78, 5) is 12.4. The van der Waals surface area contributed by atoms with Gasteiger partial charge < -0.3 is 9.73 Å². The van der Waals surface area contributed by atoms with E-state index in [1.165, 1.54) is 17.0 Å². The molecule has 0 fully saturated rings. The predicted octanol–water partition coefficient (Wildman–Crippen LogP) is 2.80. The Balaban J connectivity index is 1.80. The zero-order valence-corrected chi connectivity index (χ0v) is 14.3. The van der Waals surface area contributed by atoms with Crippen LogP contribution in [0.4, 0.5) is 5.82 Å². The number of aromatic nitrogens is 2. The lowest BCUT2D eigenvalue weighted by Gasteiger charge is -2.10. The van der Waals surface area contributed by atoms with Gasteiger partial charge in [-0.2, -0.15) is 5.10 Å². The highest BCUT2D eigenvalue weighted by atomic mass is 35.5. The molecule has 0 atom stereocenters. The lowest BCUT2D eigenvalue weighted by Crippen LogP contribution is -2.16. The van der Waals surface area contributed by atoms with Crippen LogP contribution in [-0.2, 0) is 21.3 Å². The number of carbonyl (C=O) groups is 1. The highest BCUT2D eigenvalue weighted by molar-refractivity contribution is 7.90. The fraction of sp³-hybridized carbons (Fsp3) is 0.125. The molecular weight excluding hydrogens is 366 g/mol. The average molecular weight is 378 g/mol. The third-order valence-corrected chi connectivity index (χ3v) is 5.53. The molecule has 0 bridgehead atoms. The number of hydrogen-bond donors (Lipinski definition) is 1. The first kappa shape index (κ1) is 15.9. The third kappa shape index (κ3) is 2.94. The molecule has 25 heavy (non-hydrogen) atoms. The molecule has 0 saturated heterocycles. The van der Waals surface area contributed by atoms with E-state index in [0.29, 0.717) is 27.8 Å². The maximum atomic E-state index is 12.4. The molecule has 0 radical (unpaired) electrons. The van der Waals surface area contributed by atoms with Gasteiger partial charge in [0.15, 0.2) is 15.6 Å². The summed E-state index contributed by atoms with van der Waals surface area (Å²) in [6, 6.07) is 9.98. The van der Waals surface area contributed by atoms with Crippen LogP contribution in [0.25, 0.3) is 5.69 Å². The first-order valence-electron chi connectivity index (χ1n) is 7.35. The Morgan fingerprint density at radius 2 is 1.96 bits per heavy atom. The highest BCUT2D eigenvalue weighted by Crippen LogP contribution is 2.33. The second kappa shape index (κ2) is 5.75. The zero-order chi connectivity index (χ0) is 17.6. The molecule has 128 valence electrons. The number of furan rings is 1. The van der Waals surface area contributed by atoms with E-state index in [-0.39, 0.29) is 17.3 Å². The number of nitrogens with zero attached hydrogens (tertiary/aromatic N) is 2. The minimum atomic E-state index is -3.25. The zero-order valence-electron chi connectivity index (χ0n) is 12.8. The number of amides is 1. The van der Waals surface area contributed by atoms with E-state index in [2.05, 4.69) is 10.4 Å². The summed E-state index contributed by atoms with van der Waals surface area (Å²) in [7, 11) is -3.25. The Morgan fingerprint density at radius 1 is 1.20 bits per heavy atom. The van der Waals surface area contributed by atoms with Crippen LogP contribution < -0.4 is 5.32 Å². The Kier molecular flexibility index (Phi) is 3.66. The molecule has 1 aromatic carbocycles. The smallest absolute Gasteiger partial charge is 0.292 e. The number of hydrogen-bond acceptors (Lipinski definition) is 5. The van der Waals surface area contributed by atoms with Gasteiger partial charge in [-0.3, -0.25) is 4.79 Å². The molecule has 0 unspecified atom stereocenters. The summed E-state index contributed by atoms with van der Waals surface area (Å²) in [5.74, 6) is -0.346. The van der Waals surface area contributed by atoms with Crippen LogP contribution in [0.2, 0.25) is 5.02 Å². The minimum absolute atomic E-state index is 0.124. The maximum absolute atomic E-state index is 12.4. The van der Waals surface area contributed by atoms with E-state index >= 15 is 0 Å². The number of fused-ring (bicyclic) bond motifs is 1. The number of benzene rings is 1. The number of anilines is 1. The minimum Gasteiger partial charge on any atom is -0.459 e. The molecule has 1 aliphatic heterocycles. The van der Waals surface area contributed by atoms with Crippen LogP contribution in [0.1, 0.15) is 21.8 Å². The molecule has 0 aliphatic carbocycles. The van der Waals surface area contributed by atoms with Crippen molar-refractivity contribution < 1.29 is 17.6 Å². The van der Waals surface area contributed by atoms with Crippen molar-refractivity contribution in [2.45, 2.75) is 11.5 Å². The standard InChI is InChI=1S/C16H12ClN3O4S/c17-10-3-5-11(6-4-10)20-15(18-16(21)14-2-1-7-24-14)12-8-25(22,23)9-13(12)19-20/h1-7H,8-9H2,(H,18,21). The molecule has 4 rings (SSSR count). The van der Waals surface area contributed by atoms with Crippen LogP contribution in [0, 0.1) is 0 Å². The third-order valence-electron chi connectivity index (χ3n) is 3.84. The van der Waals surface area contributed by atoms with Crippen molar-refractivity contribution in [1.29, 1.82) is 0 Å². The van der Waals surface area contributed by atoms with Gasteiger partial charge in [0.05, 0.1) is 29.2 Å².